The molecule has 0 radical (unpaired) electrons. The zero-order chi connectivity index (χ0) is 14.0. The summed E-state index contributed by atoms with van der Waals surface area (Å²) in [6, 6.07) is 0. The van der Waals surface area contributed by atoms with E-state index in [0.717, 1.165) is 24.5 Å². The predicted octanol–water partition coefficient (Wildman–Crippen LogP) is 4.53. The normalized spacial score (nSPS) is 24.6. The van der Waals surface area contributed by atoms with Crippen molar-refractivity contribution in [1.29, 1.82) is 0 Å². The van der Waals surface area contributed by atoms with Gasteiger partial charge < -0.3 is 10.3 Å². The van der Waals surface area contributed by atoms with Gasteiger partial charge in [0.25, 0.3) is 0 Å². The molecule has 0 saturated heterocycles. The van der Waals surface area contributed by atoms with Gasteiger partial charge in [0.2, 0.25) is 0 Å². The summed E-state index contributed by atoms with van der Waals surface area (Å²) in [4.78, 5) is 0. The van der Waals surface area contributed by atoms with E-state index in [4.69, 9.17) is 10.3 Å². The molecule has 1 aromatic heterocycles. The van der Waals surface area contributed by atoms with Crippen LogP contribution >= 0.6 is 0 Å². The summed E-state index contributed by atoms with van der Waals surface area (Å²) in [5.74, 6) is 3.05. The molecular weight excluding hydrogens is 236 g/mol. The first-order chi connectivity index (χ1) is 8.93. The quantitative estimate of drug-likeness (QED) is 0.872. The van der Waals surface area contributed by atoms with Crippen LogP contribution in [0.3, 0.4) is 0 Å². The molecular formula is C16H28N2O. The number of nitrogen functional groups attached to an aromatic ring is 1. The van der Waals surface area contributed by atoms with Gasteiger partial charge in [0.05, 0.1) is 0 Å². The van der Waals surface area contributed by atoms with Crippen molar-refractivity contribution in [2.75, 3.05) is 5.73 Å². The van der Waals surface area contributed by atoms with Gasteiger partial charge in [-0.2, -0.15) is 0 Å². The van der Waals surface area contributed by atoms with Crippen molar-refractivity contribution in [3.8, 4) is 0 Å². The molecule has 1 saturated carbocycles. The molecule has 1 heterocycles. The van der Waals surface area contributed by atoms with Gasteiger partial charge in [-0.15, -0.1) is 0 Å². The van der Waals surface area contributed by atoms with Crippen LogP contribution in [0.25, 0.3) is 0 Å². The highest BCUT2D eigenvalue weighted by atomic mass is 16.5. The maximum absolute atomic E-state index is 5.93. The maximum atomic E-state index is 5.93. The molecule has 0 aromatic carbocycles. The van der Waals surface area contributed by atoms with Crippen molar-refractivity contribution in [3.05, 3.63) is 11.3 Å². The summed E-state index contributed by atoms with van der Waals surface area (Å²) in [6.07, 6.45) is 7.10. The van der Waals surface area contributed by atoms with E-state index in [1.54, 1.807) is 0 Å². The third-order valence-corrected chi connectivity index (χ3v) is 4.67. The fourth-order valence-electron chi connectivity index (χ4n) is 3.38. The van der Waals surface area contributed by atoms with E-state index in [-0.39, 0.29) is 0 Å². The molecule has 2 rings (SSSR count). The van der Waals surface area contributed by atoms with E-state index in [2.05, 4.69) is 32.9 Å². The molecule has 1 aromatic rings. The summed E-state index contributed by atoms with van der Waals surface area (Å²) in [5, 5.41) is 3.98. The van der Waals surface area contributed by atoms with Crippen molar-refractivity contribution in [3.63, 3.8) is 0 Å². The Bertz CT molecular complexity index is 409. The van der Waals surface area contributed by atoms with Crippen molar-refractivity contribution in [2.45, 2.75) is 72.1 Å². The minimum Gasteiger partial charge on any atom is -0.381 e. The molecule has 0 atom stereocenters. The van der Waals surface area contributed by atoms with Crippen molar-refractivity contribution in [2.24, 2.45) is 11.3 Å². The minimum absolute atomic E-state index is 0.428. The number of nitrogens with two attached hydrogens (primary N) is 1. The Morgan fingerprint density at radius 1 is 1.21 bits per heavy atom. The summed E-state index contributed by atoms with van der Waals surface area (Å²) in [7, 11) is 0. The first kappa shape index (κ1) is 14.4. The Kier molecular flexibility index (Phi) is 4.22. The third kappa shape index (κ3) is 3.13. The SMILES string of the molecule is CCCc1c(N)noc1C1CCC(C(C)(C)C)CC1. The number of hydrogen-bond acceptors (Lipinski definition) is 3. The van der Waals surface area contributed by atoms with Crippen molar-refractivity contribution < 1.29 is 4.52 Å². The zero-order valence-corrected chi connectivity index (χ0v) is 12.8. The molecule has 1 aliphatic carbocycles. The van der Waals surface area contributed by atoms with Gasteiger partial charge in [0, 0.05) is 11.5 Å². The van der Waals surface area contributed by atoms with Gasteiger partial charge >= 0.3 is 0 Å². The van der Waals surface area contributed by atoms with Crippen LogP contribution in [-0.4, -0.2) is 5.16 Å². The van der Waals surface area contributed by atoms with Crippen LogP contribution in [0.4, 0.5) is 5.82 Å². The van der Waals surface area contributed by atoms with E-state index >= 15 is 0 Å². The van der Waals surface area contributed by atoms with E-state index in [1.807, 2.05) is 0 Å². The molecule has 0 unspecified atom stereocenters. The van der Waals surface area contributed by atoms with Gasteiger partial charge in [-0.25, -0.2) is 0 Å². The Balaban J connectivity index is 2.06. The maximum Gasteiger partial charge on any atom is 0.170 e. The van der Waals surface area contributed by atoms with Gasteiger partial charge in [-0.05, 0) is 43.4 Å². The molecule has 0 amide bonds. The van der Waals surface area contributed by atoms with Crippen LogP contribution in [0.15, 0.2) is 4.52 Å². The lowest BCUT2D eigenvalue weighted by atomic mass is 9.69. The predicted molar refractivity (Wildman–Crippen MR) is 79.1 cm³/mol. The Morgan fingerprint density at radius 3 is 2.37 bits per heavy atom. The standard InChI is InChI=1S/C16H28N2O/c1-5-6-13-14(19-18-15(13)17)11-7-9-12(10-8-11)16(2,3)4/h11-12H,5-10H2,1-4H3,(H2,17,18). The van der Waals surface area contributed by atoms with Crippen molar-refractivity contribution >= 4 is 5.82 Å². The summed E-state index contributed by atoms with van der Waals surface area (Å²) < 4.78 is 5.53. The first-order valence-corrected chi connectivity index (χ1v) is 7.67. The summed E-state index contributed by atoms with van der Waals surface area (Å²) in [5.41, 5.74) is 7.52. The molecule has 0 spiro atoms. The van der Waals surface area contributed by atoms with Crippen LogP contribution in [0.2, 0.25) is 0 Å². The topological polar surface area (TPSA) is 52.0 Å². The highest BCUT2D eigenvalue weighted by Gasteiger charge is 2.32. The molecule has 2 N–H and O–H groups in total. The van der Waals surface area contributed by atoms with Gasteiger partial charge in [-0.1, -0.05) is 39.3 Å². The fourth-order valence-corrected chi connectivity index (χ4v) is 3.38. The number of rotatable bonds is 3. The third-order valence-electron chi connectivity index (χ3n) is 4.67. The van der Waals surface area contributed by atoms with Gasteiger partial charge in [-0.3, -0.25) is 0 Å². The highest BCUT2D eigenvalue weighted by Crippen LogP contribution is 2.44. The van der Waals surface area contributed by atoms with Gasteiger partial charge in [0.15, 0.2) is 5.82 Å². The molecule has 3 heteroatoms. The molecule has 1 fully saturated rings. The minimum atomic E-state index is 0.428. The molecule has 1 aliphatic rings. The highest BCUT2D eigenvalue weighted by molar-refractivity contribution is 5.41. The number of aromatic nitrogens is 1. The Hall–Kier alpha value is -0.990. The van der Waals surface area contributed by atoms with Crippen LogP contribution < -0.4 is 5.73 Å². The Morgan fingerprint density at radius 2 is 1.84 bits per heavy atom. The summed E-state index contributed by atoms with van der Waals surface area (Å²) in [6.45, 7) is 9.24. The first-order valence-electron chi connectivity index (χ1n) is 7.67. The number of anilines is 1. The molecule has 3 nitrogen and oxygen atoms in total. The fraction of sp³-hybridized carbons (Fsp3) is 0.812. The van der Waals surface area contributed by atoms with Crippen LogP contribution in [0.5, 0.6) is 0 Å². The zero-order valence-electron chi connectivity index (χ0n) is 12.8. The molecule has 0 aliphatic heterocycles. The van der Waals surface area contributed by atoms with Crippen LogP contribution in [0, 0.1) is 11.3 Å². The van der Waals surface area contributed by atoms with Crippen LogP contribution in [0.1, 0.15) is 77.0 Å². The van der Waals surface area contributed by atoms with E-state index in [9.17, 15) is 0 Å². The van der Waals surface area contributed by atoms with E-state index in [0.29, 0.717) is 17.2 Å². The lowest BCUT2D eigenvalue weighted by Gasteiger charge is -2.36. The summed E-state index contributed by atoms with van der Waals surface area (Å²) >= 11 is 0. The molecule has 108 valence electrons. The Labute approximate surface area is 116 Å². The molecule has 0 bridgehead atoms. The van der Waals surface area contributed by atoms with Gasteiger partial charge in [0.1, 0.15) is 5.76 Å². The van der Waals surface area contributed by atoms with E-state index < -0.39 is 0 Å². The lowest BCUT2D eigenvalue weighted by molar-refractivity contribution is 0.160. The second-order valence-corrected chi connectivity index (χ2v) is 7.08. The van der Waals surface area contributed by atoms with Crippen LogP contribution in [-0.2, 0) is 6.42 Å². The monoisotopic (exact) mass is 264 g/mol. The smallest absolute Gasteiger partial charge is 0.170 e. The second-order valence-electron chi connectivity index (χ2n) is 7.08. The number of hydrogen-bond donors (Lipinski definition) is 1. The van der Waals surface area contributed by atoms with Crippen molar-refractivity contribution in [1.82, 2.24) is 5.16 Å². The largest absolute Gasteiger partial charge is 0.381 e. The van der Waals surface area contributed by atoms with E-state index in [1.165, 1.54) is 31.2 Å². The second kappa shape index (κ2) is 5.56. The average molecular weight is 264 g/mol. The molecule has 19 heavy (non-hydrogen) atoms. The average Bonchev–Trinajstić information content (AvgIpc) is 2.71. The number of nitrogens with zero attached hydrogens (tertiary/aromatic N) is 1. The lowest BCUT2D eigenvalue weighted by Crippen LogP contribution is -2.25.